The first-order chi connectivity index (χ1) is 26.0. The molecule has 2 aromatic carbocycles. The number of aliphatic hydroxyl groups excluding tert-OH is 2. The molecule has 278 valence electrons. The fraction of sp³-hybridized carbons (Fsp3) is 0.368. The second-order valence-corrected chi connectivity index (χ2v) is 14.7. The van der Waals surface area contributed by atoms with Crippen LogP contribution in [0.25, 0.3) is 32.9 Å². The Balaban J connectivity index is 1.00. The van der Waals surface area contributed by atoms with Gasteiger partial charge in [-0.15, -0.1) is 0 Å². The number of hydrogen-bond acceptors (Lipinski definition) is 12. The summed E-state index contributed by atoms with van der Waals surface area (Å²) in [4.78, 5) is 65.4. The van der Waals surface area contributed by atoms with E-state index in [4.69, 9.17) is 23.2 Å². The lowest BCUT2D eigenvalue weighted by Gasteiger charge is -2.34. The molecule has 4 N–H and O–H groups in total. The molecule has 2 fully saturated rings. The van der Waals surface area contributed by atoms with E-state index in [-0.39, 0.29) is 70.8 Å². The Bertz CT molecular complexity index is 2450. The van der Waals surface area contributed by atoms with Gasteiger partial charge < -0.3 is 20.8 Å². The molecule has 0 saturated carbocycles. The number of carbonyl (C=O) groups excluding carboxylic acids is 2. The summed E-state index contributed by atoms with van der Waals surface area (Å²) in [6, 6.07) is 10.8. The van der Waals surface area contributed by atoms with Gasteiger partial charge in [0.25, 0.3) is 11.1 Å². The number of Topliss-reactive ketones (excluding diaryl/α,β-unsaturated/α-hetero) is 2. The van der Waals surface area contributed by atoms with Gasteiger partial charge in [0.2, 0.25) is 0 Å². The Morgan fingerprint density at radius 1 is 0.852 bits per heavy atom. The highest BCUT2D eigenvalue weighted by molar-refractivity contribution is 6.34. The number of fused-ring (bicyclic) bond motifs is 2. The monoisotopic (exact) mass is 770 g/mol. The molecule has 0 aliphatic carbocycles. The van der Waals surface area contributed by atoms with Gasteiger partial charge in [-0.05, 0) is 67.8 Å². The van der Waals surface area contributed by atoms with E-state index in [2.05, 4.69) is 25.6 Å². The number of aromatic nitrogens is 5. The van der Waals surface area contributed by atoms with Crippen molar-refractivity contribution in [3.63, 3.8) is 0 Å². The van der Waals surface area contributed by atoms with E-state index in [0.29, 0.717) is 46.7 Å². The summed E-state index contributed by atoms with van der Waals surface area (Å²) in [6.07, 6.45) is 4.68. The van der Waals surface area contributed by atoms with E-state index >= 15 is 0 Å². The van der Waals surface area contributed by atoms with E-state index in [0.717, 1.165) is 18.5 Å². The molecule has 0 spiro atoms. The van der Waals surface area contributed by atoms with Gasteiger partial charge in [0.05, 0.1) is 70.3 Å². The zero-order valence-electron chi connectivity index (χ0n) is 28.9. The molecule has 7 rings (SSSR count). The van der Waals surface area contributed by atoms with Crippen molar-refractivity contribution in [2.75, 3.05) is 13.1 Å². The van der Waals surface area contributed by atoms with E-state index in [1.807, 2.05) is 12.1 Å². The molecule has 5 atom stereocenters. The van der Waals surface area contributed by atoms with Crippen molar-refractivity contribution in [3.05, 3.63) is 97.3 Å². The van der Waals surface area contributed by atoms with Crippen molar-refractivity contribution in [3.8, 4) is 17.2 Å². The number of ketones is 2. The number of piperidine rings is 2. The fourth-order valence-corrected chi connectivity index (χ4v) is 7.75. The molecule has 16 heteroatoms. The van der Waals surface area contributed by atoms with Crippen LogP contribution in [-0.2, 0) is 22.7 Å². The average Bonchev–Trinajstić information content (AvgIpc) is 3.16. The van der Waals surface area contributed by atoms with Crippen LogP contribution in [0.1, 0.15) is 49.3 Å². The third-order valence-corrected chi connectivity index (χ3v) is 10.8. The summed E-state index contributed by atoms with van der Waals surface area (Å²) in [5.74, 6) is -0.654. The highest BCUT2D eigenvalue weighted by Crippen LogP contribution is 2.33. The summed E-state index contributed by atoms with van der Waals surface area (Å²) in [6.45, 7) is 0.758. The normalized spacial score (nSPS) is 21.6. The summed E-state index contributed by atoms with van der Waals surface area (Å²) in [7, 11) is 0. The first kappa shape index (κ1) is 37.4. The molecule has 54 heavy (non-hydrogen) atoms. The Kier molecular flexibility index (Phi) is 11.0. The maximum atomic E-state index is 13.3. The zero-order valence-corrected chi connectivity index (χ0v) is 30.4. The van der Waals surface area contributed by atoms with Gasteiger partial charge in [-0.2, -0.15) is 5.26 Å². The first-order valence-corrected chi connectivity index (χ1v) is 18.3. The van der Waals surface area contributed by atoms with Gasteiger partial charge in [0.1, 0.15) is 6.07 Å². The fourth-order valence-electron chi connectivity index (χ4n) is 7.28. The minimum Gasteiger partial charge on any atom is -0.391 e. The maximum absolute atomic E-state index is 13.3. The lowest BCUT2D eigenvalue weighted by atomic mass is 9.87. The molecular weight excluding hydrogens is 735 g/mol. The number of hydrogen-bond donors (Lipinski definition) is 4. The van der Waals surface area contributed by atoms with E-state index in [1.54, 1.807) is 24.4 Å². The molecule has 14 nitrogen and oxygen atoms in total. The molecular formula is C38H36Cl2N8O6. The topological polar surface area (TPSA) is 205 Å². The number of nitriles is 1. The molecule has 0 bridgehead atoms. The molecule has 5 heterocycles. The smallest absolute Gasteiger partial charge is 0.261 e. The number of carbonyl (C=O) groups is 2. The Morgan fingerprint density at radius 2 is 1.48 bits per heavy atom. The van der Waals surface area contributed by atoms with Crippen molar-refractivity contribution in [1.29, 1.82) is 5.26 Å². The summed E-state index contributed by atoms with van der Waals surface area (Å²) < 4.78 is 2.44. The standard InChI is InChI=1S/C38H36Cl2N8O6/c39-28-11-26-31(7-21(28)14-41)45-18-47(37(26)53)17-24(50)10-34-36(52)8-22(15-44-34)30-6-20(3-5-43-30)25-13-32-27(12-29(25)40)38(54)48(19-46-32)16-23(49)9-33-35(51)2-1-4-42-33/h3,5-7,11-13,18-19,22,33-36,42,44,51-52H,1-2,4,8-10,15-17H2/t22?,33-,34-,35+,36+/m1/s1. The average molecular weight is 772 g/mol. The van der Waals surface area contributed by atoms with Crippen molar-refractivity contribution in [1.82, 2.24) is 34.7 Å². The highest BCUT2D eigenvalue weighted by Gasteiger charge is 2.32. The maximum Gasteiger partial charge on any atom is 0.261 e. The summed E-state index contributed by atoms with van der Waals surface area (Å²) in [5, 5.41) is 37.8. The van der Waals surface area contributed by atoms with Crippen LogP contribution < -0.4 is 21.8 Å². The lowest BCUT2D eigenvalue weighted by Crippen LogP contribution is -2.49. The molecule has 3 aromatic heterocycles. The lowest BCUT2D eigenvalue weighted by molar-refractivity contribution is -0.121. The molecule has 2 aliphatic heterocycles. The molecule has 0 amide bonds. The predicted molar refractivity (Wildman–Crippen MR) is 201 cm³/mol. The number of rotatable bonds is 10. The number of benzene rings is 2. The van der Waals surface area contributed by atoms with Crippen LogP contribution in [-0.4, -0.2) is 83.2 Å². The van der Waals surface area contributed by atoms with Crippen LogP contribution in [0.3, 0.4) is 0 Å². The molecule has 2 aliphatic rings. The van der Waals surface area contributed by atoms with Crippen molar-refractivity contribution in [2.45, 2.75) is 75.4 Å². The van der Waals surface area contributed by atoms with Crippen LogP contribution in [0.5, 0.6) is 0 Å². The van der Waals surface area contributed by atoms with Crippen LogP contribution in [0.2, 0.25) is 10.0 Å². The van der Waals surface area contributed by atoms with E-state index in [9.17, 15) is 34.7 Å². The van der Waals surface area contributed by atoms with Crippen LogP contribution in [0.15, 0.2) is 64.8 Å². The highest BCUT2D eigenvalue weighted by atomic mass is 35.5. The van der Waals surface area contributed by atoms with Gasteiger partial charge in [0.15, 0.2) is 11.6 Å². The minimum absolute atomic E-state index is 0.0175. The van der Waals surface area contributed by atoms with Crippen LogP contribution in [0, 0.1) is 11.3 Å². The molecule has 2 saturated heterocycles. The quantitative estimate of drug-likeness (QED) is 0.162. The van der Waals surface area contributed by atoms with Crippen LogP contribution >= 0.6 is 23.2 Å². The van der Waals surface area contributed by atoms with Crippen molar-refractivity contribution < 1.29 is 19.8 Å². The molecule has 0 radical (unpaired) electrons. The second kappa shape index (κ2) is 15.8. The molecule has 1 unspecified atom stereocenters. The number of aliphatic hydroxyl groups is 2. The summed E-state index contributed by atoms with van der Waals surface area (Å²) in [5.41, 5.74) is 2.12. The van der Waals surface area contributed by atoms with Gasteiger partial charge in [-0.1, -0.05) is 23.2 Å². The number of pyridine rings is 1. The molecule has 5 aromatic rings. The number of nitrogens with one attached hydrogen (secondary N) is 2. The van der Waals surface area contributed by atoms with Gasteiger partial charge in [-0.25, -0.2) is 9.97 Å². The SMILES string of the molecule is N#Cc1cc2ncn(CC(=O)C[C@H]3NCC(c4cc(-c5cc6ncn(CC(=O)C[C@H]7NCCC[C@@H]7O)c(=O)c6cc5Cl)ccn4)C[C@@H]3O)c(=O)c2cc1Cl. The Hall–Kier alpha value is -4.88. The Labute approximate surface area is 318 Å². The first-order valence-electron chi connectivity index (χ1n) is 17.6. The number of nitrogens with zero attached hydrogens (tertiary/aromatic N) is 6. The largest absolute Gasteiger partial charge is 0.391 e. The van der Waals surface area contributed by atoms with Gasteiger partial charge in [0, 0.05) is 59.9 Å². The Morgan fingerprint density at radius 3 is 2.11 bits per heavy atom. The van der Waals surface area contributed by atoms with Crippen molar-refractivity contribution in [2.24, 2.45) is 0 Å². The van der Waals surface area contributed by atoms with Crippen LogP contribution in [0.4, 0.5) is 0 Å². The van der Waals surface area contributed by atoms with Crippen molar-refractivity contribution >= 4 is 56.6 Å². The van der Waals surface area contributed by atoms with E-state index < -0.39 is 29.4 Å². The third kappa shape index (κ3) is 7.83. The van der Waals surface area contributed by atoms with E-state index in [1.165, 1.54) is 33.9 Å². The minimum atomic E-state index is -0.876. The van der Waals surface area contributed by atoms with Gasteiger partial charge in [-0.3, -0.25) is 33.3 Å². The second-order valence-electron chi connectivity index (χ2n) is 13.9. The summed E-state index contributed by atoms with van der Waals surface area (Å²) >= 11 is 12.8. The number of halogens is 2. The predicted octanol–water partition coefficient (Wildman–Crippen LogP) is 2.88. The van der Waals surface area contributed by atoms with Gasteiger partial charge >= 0.3 is 0 Å². The zero-order chi connectivity index (χ0) is 38.1. The third-order valence-electron chi connectivity index (χ3n) is 10.2.